The number of benzene rings is 1. The number of hydrogen-bond donors (Lipinski definition) is 2. The Morgan fingerprint density at radius 1 is 1.20 bits per heavy atom. The van der Waals surface area contributed by atoms with Crippen LogP contribution in [0.5, 0.6) is 0 Å². The molecule has 0 amide bonds. The van der Waals surface area contributed by atoms with Gasteiger partial charge in [-0.05, 0) is 0 Å². The molecule has 0 radical (unpaired) electrons. The third kappa shape index (κ3) is 2.41. The Bertz CT molecular complexity index is 754. The van der Waals surface area contributed by atoms with Gasteiger partial charge in [-0.15, -0.1) is 0 Å². The van der Waals surface area contributed by atoms with Crippen molar-refractivity contribution < 1.29 is 21.6 Å². The minimum atomic E-state index is -4.29. The van der Waals surface area contributed by atoms with Gasteiger partial charge in [-0.1, -0.05) is 0 Å². The molecule has 3 N–H and O–H groups in total. The SMILES string of the molecule is Cn1cnc(N)c1S(=O)(=O)Nc1cc(F)c(F)cc1F. The third-order valence-electron chi connectivity index (χ3n) is 2.42. The summed E-state index contributed by atoms with van der Waals surface area (Å²) < 4.78 is 66.1. The number of aromatic nitrogens is 2. The van der Waals surface area contributed by atoms with Crippen molar-refractivity contribution in [3.8, 4) is 0 Å². The van der Waals surface area contributed by atoms with Crippen LogP contribution in [0.15, 0.2) is 23.5 Å². The van der Waals surface area contributed by atoms with Gasteiger partial charge in [0.25, 0.3) is 10.0 Å². The zero-order chi connectivity index (χ0) is 15.1. The average Bonchev–Trinajstić information content (AvgIpc) is 2.66. The summed E-state index contributed by atoms with van der Waals surface area (Å²) in [7, 11) is -2.93. The Kier molecular flexibility index (Phi) is 3.34. The van der Waals surface area contributed by atoms with Crippen LogP contribution in [0.3, 0.4) is 0 Å². The Morgan fingerprint density at radius 2 is 1.80 bits per heavy atom. The highest BCUT2D eigenvalue weighted by atomic mass is 32.2. The molecule has 0 unspecified atom stereocenters. The number of nitrogen functional groups attached to an aromatic ring is 1. The molecule has 0 bridgehead atoms. The van der Waals surface area contributed by atoms with E-state index < -0.39 is 38.2 Å². The molecule has 0 aliphatic heterocycles. The standard InChI is InChI=1S/C10H9F3N4O2S/c1-17-4-15-9(14)10(17)20(18,19)16-8-3-6(12)5(11)2-7(8)13/h2-4,16H,14H2,1H3. The van der Waals surface area contributed by atoms with Gasteiger partial charge in [0.1, 0.15) is 5.82 Å². The fourth-order valence-electron chi connectivity index (χ4n) is 1.56. The van der Waals surface area contributed by atoms with Gasteiger partial charge < -0.3 is 10.3 Å². The molecule has 0 fully saturated rings. The van der Waals surface area contributed by atoms with Crippen LogP contribution in [0, 0.1) is 17.5 Å². The van der Waals surface area contributed by atoms with E-state index in [0.717, 1.165) is 10.9 Å². The Morgan fingerprint density at radius 3 is 2.35 bits per heavy atom. The molecule has 108 valence electrons. The summed E-state index contributed by atoms with van der Waals surface area (Å²) in [4.78, 5) is 3.57. The number of halogens is 3. The smallest absolute Gasteiger partial charge is 0.281 e. The molecular weight excluding hydrogens is 297 g/mol. The average molecular weight is 306 g/mol. The summed E-state index contributed by atoms with van der Waals surface area (Å²) in [5.41, 5.74) is 4.66. The van der Waals surface area contributed by atoms with Gasteiger partial charge >= 0.3 is 0 Å². The highest BCUT2D eigenvalue weighted by molar-refractivity contribution is 7.92. The van der Waals surface area contributed by atoms with E-state index in [1.165, 1.54) is 7.05 Å². The van der Waals surface area contributed by atoms with Crippen LogP contribution in [0.4, 0.5) is 24.7 Å². The Balaban J connectivity index is 2.47. The molecular formula is C10H9F3N4O2S. The number of nitrogens with zero attached hydrogens (tertiary/aromatic N) is 2. The molecule has 10 heteroatoms. The lowest BCUT2D eigenvalue weighted by Crippen LogP contribution is -2.18. The molecule has 0 aliphatic carbocycles. The molecule has 0 aliphatic rings. The molecule has 2 aromatic rings. The largest absolute Gasteiger partial charge is 0.381 e. The first kappa shape index (κ1) is 14.2. The van der Waals surface area contributed by atoms with E-state index in [4.69, 9.17) is 5.73 Å². The number of sulfonamides is 1. The maximum absolute atomic E-state index is 13.4. The zero-order valence-corrected chi connectivity index (χ0v) is 10.9. The maximum atomic E-state index is 13.4. The van der Waals surface area contributed by atoms with Gasteiger partial charge in [-0.2, -0.15) is 8.42 Å². The topological polar surface area (TPSA) is 90.0 Å². The van der Waals surface area contributed by atoms with Crippen molar-refractivity contribution in [2.24, 2.45) is 7.05 Å². The Labute approximate surface area is 112 Å². The van der Waals surface area contributed by atoms with E-state index in [2.05, 4.69) is 4.98 Å². The highest BCUT2D eigenvalue weighted by Crippen LogP contribution is 2.23. The van der Waals surface area contributed by atoms with Crippen molar-refractivity contribution in [2.75, 3.05) is 10.5 Å². The molecule has 6 nitrogen and oxygen atoms in total. The molecule has 1 aromatic heterocycles. The van der Waals surface area contributed by atoms with Crippen molar-refractivity contribution in [3.05, 3.63) is 35.9 Å². The number of nitrogens with one attached hydrogen (secondary N) is 1. The van der Waals surface area contributed by atoms with E-state index >= 15 is 0 Å². The first-order valence-corrected chi connectivity index (χ1v) is 6.65. The molecule has 0 spiro atoms. The second-order valence-corrected chi connectivity index (χ2v) is 5.50. The van der Waals surface area contributed by atoms with Crippen LogP contribution in [0.1, 0.15) is 0 Å². The summed E-state index contributed by atoms with van der Waals surface area (Å²) in [5.74, 6) is -4.37. The van der Waals surface area contributed by atoms with Crippen LogP contribution >= 0.6 is 0 Å². The first-order chi connectivity index (χ1) is 9.22. The van der Waals surface area contributed by atoms with E-state index in [0.29, 0.717) is 6.07 Å². The number of imidazole rings is 1. The fourth-order valence-corrected chi connectivity index (χ4v) is 2.86. The molecule has 20 heavy (non-hydrogen) atoms. The molecule has 2 rings (SSSR count). The number of nitrogens with two attached hydrogens (primary N) is 1. The van der Waals surface area contributed by atoms with Crippen LogP contribution in [-0.2, 0) is 17.1 Å². The maximum Gasteiger partial charge on any atom is 0.281 e. The van der Waals surface area contributed by atoms with Gasteiger partial charge in [-0.25, -0.2) is 18.2 Å². The predicted molar refractivity (Wildman–Crippen MR) is 64.7 cm³/mol. The molecule has 0 atom stereocenters. The zero-order valence-electron chi connectivity index (χ0n) is 10.1. The minimum Gasteiger partial charge on any atom is -0.381 e. The number of hydrogen-bond acceptors (Lipinski definition) is 4. The third-order valence-corrected chi connectivity index (χ3v) is 3.91. The minimum absolute atomic E-state index is 0.236. The summed E-state index contributed by atoms with van der Waals surface area (Å²) in [6.45, 7) is 0. The fraction of sp³-hybridized carbons (Fsp3) is 0.100. The lowest BCUT2D eigenvalue weighted by Gasteiger charge is -2.10. The van der Waals surface area contributed by atoms with Gasteiger partial charge in [0.05, 0.1) is 12.0 Å². The van der Waals surface area contributed by atoms with Gasteiger partial charge in [0.2, 0.25) is 0 Å². The summed E-state index contributed by atoms with van der Waals surface area (Å²) >= 11 is 0. The van der Waals surface area contributed by atoms with Crippen LogP contribution < -0.4 is 10.5 Å². The van der Waals surface area contributed by atoms with Gasteiger partial charge in [0, 0.05) is 19.2 Å². The number of aryl methyl sites for hydroxylation is 1. The number of rotatable bonds is 3. The van der Waals surface area contributed by atoms with E-state index in [9.17, 15) is 21.6 Å². The molecule has 1 heterocycles. The van der Waals surface area contributed by atoms with E-state index in [-0.39, 0.29) is 11.9 Å². The Hall–Kier alpha value is -2.23. The first-order valence-electron chi connectivity index (χ1n) is 5.16. The van der Waals surface area contributed by atoms with Gasteiger partial charge in [-0.3, -0.25) is 4.72 Å². The van der Waals surface area contributed by atoms with Crippen LogP contribution in [-0.4, -0.2) is 18.0 Å². The number of anilines is 2. The van der Waals surface area contributed by atoms with Gasteiger partial charge in [0.15, 0.2) is 22.5 Å². The summed E-state index contributed by atoms with van der Waals surface area (Å²) in [6, 6.07) is 0.633. The van der Waals surface area contributed by atoms with Crippen molar-refractivity contribution in [1.82, 2.24) is 9.55 Å². The lowest BCUT2D eigenvalue weighted by molar-refractivity contribution is 0.496. The molecule has 0 saturated heterocycles. The molecule has 0 saturated carbocycles. The van der Waals surface area contributed by atoms with E-state index in [1.807, 2.05) is 0 Å². The highest BCUT2D eigenvalue weighted by Gasteiger charge is 2.24. The lowest BCUT2D eigenvalue weighted by atomic mass is 10.3. The van der Waals surface area contributed by atoms with Crippen LogP contribution in [0.2, 0.25) is 0 Å². The second kappa shape index (κ2) is 4.71. The monoisotopic (exact) mass is 306 g/mol. The van der Waals surface area contributed by atoms with Crippen molar-refractivity contribution in [1.29, 1.82) is 0 Å². The predicted octanol–water partition coefficient (Wildman–Crippen LogP) is 1.22. The summed E-state index contributed by atoms with van der Waals surface area (Å²) in [6.07, 6.45) is 1.14. The van der Waals surface area contributed by atoms with Crippen molar-refractivity contribution in [3.63, 3.8) is 0 Å². The summed E-state index contributed by atoms with van der Waals surface area (Å²) in [5, 5.41) is -0.415. The second-order valence-electron chi connectivity index (χ2n) is 3.90. The van der Waals surface area contributed by atoms with Crippen molar-refractivity contribution in [2.45, 2.75) is 5.03 Å². The quantitative estimate of drug-likeness (QED) is 0.834. The van der Waals surface area contributed by atoms with Crippen LogP contribution in [0.25, 0.3) is 0 Å². The van der Waals surface area contributed by atoms with E-state index in [1.54, 1.807) is 4.72 Å². The normalized spacial score (nSPS) is 11.6. The van der Waals surface area contributed by atoms with Crippen molar-refractivity contribution >= 4 is 21.5 Å². The molecule has 1 aromatic carbocycles.